The maximum atomic E-state index is 10.8. The number of aromatic nitrogens is 1. The Labute approximate surface area is 131 Å². The lowest BCUT2D eigenvalue weighted by Crippen LogP contribution is -1.98. The van der Waals surface area contributed by atoms with Crippen LogP contribution in [-0.4, -0.2) is 9.91 Å². The molecule has 110 valence electrons. The molecule has 0 amide bonds. The quantitative estimate of drug-likeness (QED) is 0.529. The molecule has 0 fully saturated rings. The fraction of sp³-hybridized carbons (Fsp3) is 0.0625. The molecule has 22 heavy (non-hydrogen) atoms. The van der Waals surface area contributed by atoms with Gasteiger partial charge in [-0.1, -0.05) is 23.7 Å². The van der Waals surface area contributed by atoms with E-state index in [1.807, 2.05) is 24.3 Å². The van der Waals surface area contributed by atoms with E-state index in [0.717, 1.165) is 10.8 Å². The van der Waals surface area contributed by atoms with E-state index in [1.54, 1.807) is 12.4 Å². The predicted molar refractivity (Wildman–Crippen MR) is 84.2 cm³/mol. The van der Waals surface area contributed by atoms with Crippen molar-refractivity contribution in [2.24, 2.45) is 0 Å². The minimum absolute atomic E-state index is 0.00915. The van der Waals surface area contributed by atoms with E-state index < -0.39 is 4.92 Å². The Morgan fingerprint density at radius 3 is 2.91 bits per heavy atom. The monoisotopic (exact) mass is 314 g/mol. The molecule has 0 radical (unpaired) electrons. The highest BCUT2D eigenvalue weighted by Crippen LogP contribution is 2.27. The van der Waals surface area contributed by atoms with Gasteiger partial charge >= 0.3 is 0 Å². The van der Waals surface area contributed by atoms with Gasteiger partial charge in [-0.05, 0) is 18.2 Å². The van der Waals surface area contributed by atoms with Gasteiger partial charge in [0, 0.05) is 45.9 Å². The second-order valence-electron chi connectivity index (χ2n) is 4.67. The average molecular weight is 315 g/mol. The first-order valence-electron chi connectivity index (χ1n) is 6.53. The third kappa shape index (κ3) is 2.84. The summed E-state index contributed by atoms with van der Waals surface area (Å²) in [4.78, 5) is 14.4. The van der Waals surface area contributed by atoms with Crippen LogP contribution in [0.1, 0.15) is 5.56 Å². The maximum absolute atomic E-state index is 10.8. The van der Waals surface area contributed by atoms with E-state index in [1.165, 1.54) is 18.2 Å². The van der Waals surface area contributed by atoms with Crippen LogP contribution in [0.3, 0.4) is 0 Å². The number of ether oxygens (including phenoxy) is 1. The van der Waals surface area contributed by atoms with Gasteiger partial charge in [0.25, 0.3) is 5.69 Å². The van der Waals surface area contributed by atoms with Gasteiger partial charge in [0.1, 0.15) is 12.4 Å². The highest BCUT2D eigenvalue weighted by Gasteiger charge is 2.11. The number of rotatable bonds is 4. The van der Waals surface area contributed by atoms with Crippen LogP contribution in [0.25, 0.3) is 10.8 Å². The standard InChI is InChI=1S/C16H11ClN2O3/c17-15-5-4-13(19(20)21)8-12(15)10-22-16-3-1-2-11-9-18-7-6-14(11)16/h1-9H,10H2. The molecule has 6 heteroatoms. The number of nitro groups is 1. The van der Waals surface area contributed by atoms with Gasteiger partial charge in [-0.15, -0.1) is 0 Å². The van der Waals surface area contributed by atoms with Gasteiger partial charge in [-0.3, -0.25) is 15.1 Å². The van der Waals surface area contributed by atoms with Crippen LogP contribution in [0, 0.1) is 10.1 Å². The van der Waals surface area contributed by atoms with Crippen LogP contribution in [0.4, 0.5) is 5.69 Å². The molecule has 0 spiro atoms. The smallest absolute Gasteiger partial charge is 0.269 e. The first-order valence-corrected chi connectivity index (χ1v) is 6.91. The van der Waals surface area contributed by atoms with Crippen LogP contribution < -0.4 is 4.74 Å². The summed E-state index contributed by atoms with van der Waals surface area (Å²) in [6, 6.07) is 11.8. The van der Waals surface area contributed by atoms with Crippen molar-refractivity contribution in [1.82, 2.24) is 4.98 Å². The Morgan fingerprint density at radius 1 is 1.23 bits per heavy atom. The van der Waals surface area contributed by atoms with Crippen LogP contribution >= 0.6 is 11.6 Å². The Hall–Kier alpha value is -2.66. The topological polar surface area (TPSA) is 65.3 Å². The Morgan fingerprint density at radius 2 is 2.09 bits per heavy atom. The van der Waals surface area contributed by atoms with Crippen molar-refractivity contribution < 1.29 is 9.66 Å². The molecule has 0 unspecified atom stereocenters. The molecule has 1 aromatic heterocycles. The fourth-order valence-electron chi connectivity index (χ4n) is 2.16. The normalized spacial score (nSPS) is 10.6. The Kier molecular flexibility index (Phi) is 3.89. The van der Waals surface area contributed by atoms with E-state index in [2.05, 4.69) is 4.98 Å². The number of nitrogens with zero attached hydrogens (tertiary/aromatic N) is 2. The molecule has 0 atom stereocenters. The molecule has 0 saturated heterocycles. The highest BCUT2D eigenvalue weighted by molar-refractivity contribution is 6.31. The summed E-state index contributed by atoms with van der Waals surface area (Å²) in [6.45, 7) is 0.155. The molecule has 3 aromatic rings. The predicted octanol–water partition coefficient (Wildman–Crippen LogP) is 4.38. The van der Waals surface area contributed by atoms with E-state index >= 15 is 0 Å². The highest BCUT2D eigenvalue weighted by atomic mass is 35.5. The van der Waals surface area contributed by atoms with Crippen molar-refractivity contribution in [2.75, 3.05) is 0 Å². The second-order valence-corrected chi connectivity index (χ2v) is 5.08. The summed E-state index contributed by atoms with van der Waals surface area (Å²) in [5.74, 6) is 0.683. The molecule has 2 aromatic carbocycles. The number of hydrogen-bond acceptors (Lipinski definition) is 4. The number of nitro benzene ring substituents is 1. The number of hydrogen-bond donors (Lipinski definition) is 0. The summed E-state index contributed by atoms with van der Waals surface area (Å²) in [5.41, 5.74) is 0.562. The number of fused-ring (bicyclic) bond motifs is 1. The van der Waals surface area contributed by atoms with Gasteiger partial charge in [0.2, 0.25) is 0 Å². The van der Waals surface area contributed by atoms with Gasteiger partial charge in [0.15, 0.2) is 0 Å². The molecular weight excluding hydrogens is 304 g/mol. The SMILES string of the molecule is O=[N+]([O-])c1ccc(Cl)c(COc2cccc3cnccc23)c1. The van der Waals surface area contributed by atoms with Crippen molar-refractivity contribution in [3.05, 3.63) is 75.6 Å². The molecular formula is C16H11ClN2O3. The molecule has 5 nitrogen and oxygen atoms in total. The fourth-order valence-corrected chi connectivity index (χ4v) is 2.33. The molecule has 0 aliphatic heterocycles. The minimum atomic E-state index is -0.455. The van der Waals surface area contributed by atoms with Crippen LogP contribution in [0.2, 0.25) is 5.02 Å². The lowest BCUT2D eigenvalue weighted by molar-refractivity contribution is -0.384. The zero-order valence-corrected chi connectivity index (χ0v) is 12.2. The number of pyridine rings is 1. The molecule has 1 heterocycles. The maximum Gasteiger partial charge on any atom is 0.269 e. The molecule has 3 rings (SSSR count). The van der Waals surface area contributed by atoms with Gasteiger partial charge < -0.3 is 4.74 Å². The van der Waals surface area contributed by atoms with Crippen LogP contribution in [0.5, 0.6) is 5.75 Å². The first kappa shape index (κ1) is 14.3. The number of halogens is 1. The van der Waals surface area contributed by atoms with Crippen molar-refractivity contribution in [2.45, 2.75) is 6.61 Å². The lowest BCUT2D eigenvalue weighted by Gasteiger charge is -2.10. The van der Waals surface area contributed by atoms with Crippen LogP contribution in [-0.2, 0) is 6.61 Å². The number of non-ortho nitro benzene ring substituents is 1. The van der Waals surface area contributed by atoms with Gasteiger partial charge in [-0.2, -0.15) is 0 Å². The largest absolute Gasteiger partial charge is 0.488 e. The molecule has 0 aliphatic carbocycles. The average Bonchev–Trinajstić information content (AvgIpc) is 2.54. The van der Waals surface area contributed by atoms with Gasteiger partial charge in [-0.25, -0.2) is 0 Å². The van der Waals surface area contributed by atoms with E-state index in [-0.39, 0.29) is 12.3 Å². The summed E-state index contributed by atoms with van der Waals surface area (Å²) in [5, 5.41) is 13.2. The third-order valence-electron chi connectivity index (χ3n) is 3.26. The summed E-state index contributed by atoms with van der Waals surface area (Å²) in [7, 11) is 0. The molecule has 0 aliphatic rings. The van der Waals surface area contributed by atoms with Crippen LogP contribution in [0.15, 0.2) is 54.9 Å². The molecule has 0 bridgehead atoms. The molecule has 0 N–H and O–H groups in total. The first-order chi connectivity index (χ1) is 10.6. The van der Waals surface area contributed by atoms with E-state index in [9.17, 15) is 10.1 Å². The zero-order valence-electron chi connectivity index (χ0n) is 11.4. The Balaban J connectivity index is 1.88. The van der Waals surface area contributed by atoms with Crippen molar-refractivity contribution in [3.63, 3.8) is 0 Å². The zero-order chi connectivity index (χ0) is 15.5. The van der Waals surface area contributed by atoms with Crippen molar-refractivity contribution >= 4 is 28.1 Å². The summed E-state index contributed by atoms with van der Waals surface area (Å²) in [6.07, 6.45) is 3.44. The summed E-state index contributed by atoms with van der Waals surface area (Å²) >= 11 is 6.07. The molecule has 0 saturated carbocycles. The van der Waals surface area contributed by atoms with Gasteiger partial charge in [0.05, 0.1) is 4.92 Å². The third-order valence-corrected chi connectivity index (χ3v) is 3.63. The second kappa shape index (κ2) is 5.99. The summed E-state index contributed by atoms with van der Waals surface area (Å²) < 4.78 is 5.79. The Bertz CT molecular complexity index is 846. The number of benzene rings is 2. The van der Waals surface area contributed by atoms with E-state index in [4.69, 9.17) is 16.3 Å². The van der Waals surface area contributed by atoms with Crippen molar-refractivity contribution in [3.8, 4) is 5.75 Å². The van der Waals surface area contributed by atoms with E-state index in [0.29, 0.717) is 16.3 Å². The minimum Gasteiger partial charge on any atom is -0.488 e. The van der Waals surface area contributed by atoms with Crippen molar-refractivity contribution in [1.29, 1.82) is 0 Å². The lowest BCUT2D eigenvalue weighted by atomic mass is 10.1.